The molecule has 0 aliphatic rings. The van der Waals surface area contributed by atoms with Gasteiger partial charge in [-0.2, -0.15) is 0 Å². The van der Waals surface area contributed by atoms with Gasteiger partial charge in [0.2, 0.25) is 0 Å². The number of ether oxygens (including phenoxy) is 1. The first-order valence-corrected chi connectivity index (χ1v) is 6.52. The van der Waals surface area contributed by atoms with Gasteiger partial charge in [-0.15, -0.1) is 0 Å². The van der Waals surface area contributed by atoms with E-state index in [1.54, 1.807) is 12.3 Å². The molecule has 0 unspecified atom stereocenters. The molecule has 20 heavy (non-hydrogen) atoms. The van der Waals surface area contributed by atoms with Gasteiger partial charge in [-0.3, -0.25) is 4.98 Å². The third kappa shape index (κ3) is 3.42. The van der Waals surface area contributed by atoms with Gasteiger partial charge in [0.1, 0.15) is 0 Å². The summed E-state index contributed by atoms with van der Waals surface area (Å²) in [6, 6.07) is 11.5. The number of nitrogens with zero attached hydrogens (tertiary/aromatic N) is 1. The zero-order valence-corrected chi connectivity index (χ0v) is 11.7. The SMILES string of the molecule is COC(=O)c1ccccc1CN[C@@H](C)c1cccnc1. The van der Waals surface area contributed by atoms with Crippen molar-refractivity contribution in [2.24, 2.45) is 0 Å². The van der Waals surface area contributed by atoms with Gasteiger partial charge in [0, 0.05) is 25.0 Å². The second-order valence-electron chi connectivity index (χ2n) is 4.54. The number of methoxy groups -OCH3 is 1. The van der Waals surface area contributed by atoms with E-state index in [9.17, 15) is 4.79 Å². The molecule has 0 saturated heterocycles. The Morgan fingerprint density at radius 2 is 2.10 bits per heavy atom. The maximum atomic E-state index is 11.7. The third-order valence-corrected chi connectivity index (χ3v) is 3.21. The first-order chi connectivity index (χ1) is 9.72. The first-order valence-electron chi connectivity index (χ1n) is 6.52. The molecule has 0 aliphatic carbocycles. The van der Waals surface area contributed by atoms with Crippen LogP contribution in [0.25, 0.3) is 0 Å². The van der Waals surface area contributed by atoms with Gasteiger partial charge < -0.3 is 10.1 Å². The minimum atomic E-state index is -0.309. The number of benzene rings is 1. The molecule has 2 rings (SSSR count). The van der Waals surface area contributed by atoms with E-state index in [0.717, 1.165) is 11.1 Å². The molecule has 0 amide bonds. The summed E-state index contributed by atoms with van der Waals surface area (Å²) in [5, 5.41) is 3.39. The highest BCUT2D eigenvalue weighted by atomic mass is 16.5. The molecule has 4 heteroatoms. The molecule has 1 aromatic heterocycles. The van der Waals surface area contributed by atoms with Crippen molar-refractivity contribution in [3.8, 4) is 0 Å². The Labute approximate surface area is 118 Å². The standard InChI is InChI=1S/C16H18N2O2/c1-12(13-7-5-9-17-10-13)18-11-14-6-3-4-8-15(14)16(19)20-2/h3-10,12,18H,11H2,1-2H3/t12-/m0/s1. The van der Waals surface area contributed by atoms with Gasteiger partial charge in [-0.1, -0.05) is 24.3 Å². The Kier molecular flexibility index (Phi) is 4.85. The lowest BCUT2D eigenvalue weighted by Gasteiger charge is -2.15. The molecule has 0 spiro atoms. The third-order valence-electron chi connectivity index (χ3n) is 3.21. The zero-order valence-electron chi connectivity index (χ0n) is 11.7. The molecule has 1 aromatic carbocycles. The largest absolute Gasteiger partial charge is 0.465 e. The monoisotopic (exact) mass is 270 g/mol. The van der Waals surface area contributed by atoms with Crippen molar-refractivity contribution in [2.45, 2.75) is 19.5 Å². The lowest BCUT2D eigenvalue weighted by Crippen LogP contribution is -2.20. The van der Waals surface area contributed by atoms with Gasteiger partial charge >= 0.3 is 5.97 Å². The molecule has 0 radical (unpaired) electrons. The minimum Gasteiger partial charge on any atom is -0.465 e. The Balaban J connectivity index is 2.06. The fourth-order valence-corrected chi connectivity index (χ4v) is 2.00. The highest BCUT2D eigenvalue weighted by molar-refractivity contribution is 5.90. The Morgan fingerprint density at radius 3 is 2.80 bits per heavy atom. The molecule has 4 nitrogen and oxygen atoms in total. The highest BCUT2D eigenvalue weighted by Gasteiger charge is 2.12. The van der Waals surface area contributed by atoms with Crippen molar-refractivity contribution in [2.75, 3.05) is 7.11 Å². The predicted octanol–water partition coefficient (Wildman–Crippen LogP) is 2.72. The normalized spacial score (nSPS) is 11.9. The van der Waals surface area contributed by atoms with Crippen LogP contribution in [-0.2, 0) is 11.3 Å². The Hall–Kier alpha value is -2.20. The van der Waals surface area contributed by atoms with E-state index in [1.165, 1.54) is 7.11 Å². The summed E-state index contributed by atoms with van der Waals surface area (Å²) in [5.74, 6) is -0.309. The second-order valence-corrected chi connectivity index (χ2v) is 4.54. The van der Waals surface area contributed by atoms with E-state index < -0.39 is 0 Å². The van der Waals surface area contributed by atoms with Crippen LogP contribution in [0.15, 0.2) is 48.8 Å². The summed E-state index contributed by atoms with van der Waals surface area (Å²) >= 11 is 0. The van der Waals surface area contributed by atoms with E-state index in [-0.39, 0.29) is 12.0 Å². The number of hydrogen-bond donors (Lipinski definition) is 1. The van der Waals surface area contributed by atoms with Crippen molar-refractivity contribution < 1.29 is 9.53 Å². The summed E-state index contributed by atoms with van der Waals surface area (Å²) in [4.78, 5) is 15.8. The number of carbonyl (C=O) groups excluding carboxylic acids is 1. The highest BCUT2D eigenvalue weighted by Crippen LogP contribution is 2.14. The number of rotatable bonds is 5. The predicted molar refractivity (Wildman–Crippen MR) is 77.3 cm³/mol. The van der Waals surface area contributed by atoms with E-state index in [4.69, 9.17) is 4.74 Å². The van der Waals surface area contributed by atoms with Crippen LogP contribution >= 0.6 is 0 Å². The summed E-state index contributed by atoms with van der Waals surface area (Å²) in [5.41, 5.74) is 2.64. The molecule has 0 bridgehead atoms. The maximum Gasteiger partial charge on any atom is 0.338 e. The van der Waals surface area contributed by atoms with Crippen LogP contribution in [0.3, 0.4) is 0 Å². The van der Waals surface area contributed by atoms with Gasteiger partial charge in [0.05, 0.1) is 12.7 Å². The minimum absolute atomic E-state index is 0.161. The fraction of sp³-hybridized carbons (Fsp3) is 0.250. The van der Waals surface area contributed by atoms with Gasteiger partial charge in [-0.25, -0.2) is 4.79 Å². The second kappa shape index (κ2) is 6.82. The van der Waals surface area contributed by atoms with Gasteiger partial charge in [-0.05, 0) is 30.2 Å². The van der Waals surface area contributed by atoms with Crippen molar-refractivity contribution >= 4 is 5.97 Å². The molecule has 0 aliphatic heterocycles. The van der Waals surface area contributed by atoms with Crippen LogP contribution in [0.2, 0.25) is 0 Å². The van der Waals surface area contributed by atoms with E-state index >= 15 is 0 Å². The summed E-state index contributed by atoms with van der Waals surface area (Å²) in [7, 11) is 1.39. The molecular weight excluding hydrogens is 252 g/mol. The topological polar surface area (TPSA) is 51.2 Å². The number of nitrogens with one attached hydrogen (secondary N) is 1. The van der Waals surface area contributed by atoms with Crippen LogP contribution in [-0.4, -0.2) is 18.1 Å². The van der Waals surface area contributed by atoms with Crippen LogP contribution < -0.4 is 5.32 Å². The molecule has 2 aromatic rings. The van der Waals surface area contributed by atoms with Crippen molar-refractivity contribution in [1.29, 1.82) is 0 Å². The molecular formula is C16H18N2O2. The smallest absolute Gasteiger partial charge is 0.338 e. The summed E-state index contributed by atoms with van der Waals surface area (Å²) in [6.07, 6.45) is 3.59. The molecule has 1 heterocycles. The molecule has 0 fully saturated rings. The molecule has 104 valence electrons. The van der Waals surface area contributed by atoms with E-state index in [2.05, 4.69) is 17.2 Å². The number of carbonyl (C=O) groups is 1. The number of pyridine rings is 1. The van der Waals surface area contributed by atoms with E-state index in [1.807, 2.05) is 36.5 Å². The van der Waals surface area contributed by atoms with Crippen molar-refractivity contribution in [1.82, 2.24) is 10.3 Å². The van der Waals surface area contributed by atoms with Crippen LogP contribution in [0, 0.1) is 0 Å². The molecule has 1 N–H and O–H groups in total. The summed E-state index contributed by atoms with van der Waals surface area (Å²) < 4.78 is 4.79. The lowest BCUT2D eigenvalue weighted by atomic mass is 10.1. The Bertz CT molecular complexity index is 570. The summed E-state index contributed by atoms with van der Waals surface area (Å²) in [6.45, 7) is 2.67. The van der Waals surface area contributed by atoms with Crippen LogP contribution in [0.5, 0.6) is 0 Å². The quantitative estimate of drug-likeness (QED) is 0.849. The van der Waals surface area contributed by atoms with E-state index in [0.29, 0.717) is 12.1 Å². The number of aromatic nitrogens is 1. The Morgan fingerprint density at radius 1 is 1.30 bits per heavy atom. The van der Waals surface area contributed by atoms with Gasteiger partial charge in [0.25, 0.3) is 0 Å². The maximum absolute atomic E-state index is 11.7. The fourth-order valence-electron chi connectivity index (χ4n) is 2.00. The average Bonchev–Trinajstić information content (AvgIpc) is 2.53. The number of hydrogen-bond acceptors (Lipinski definition) is 4. The van der Waals surface area contributed by atoms with Gasteiger partial charge in [0.15, 0.2) is 0 Å². The lowest BCUT2D eigenvalue weighted by molar-refractivity contribution is 0.0599. The van der Waals surface area contributed by atoms with Crippen LogP contribution in [0.4, 0.5) is 0 Å². The first kappa shape index (κ1) is 14.2. The molecule has 1 atom stereocenters. The van der Waals surface area contributed by atoms with Crippen molar-refractivity contribution in [3.05, 3.63) is 65.5 Å². The number of esters is 1. The average molecular weight is 270 g/mol. The molecule has 0 saturated carbocycles. The van der Waals surface area contributed by atoms with Crippen molar-refractivity contribution in [3.63, 3.8) is 0 Å². The zero-order chi connectivity index (χ0) is 14.4. The van der Waals surface area contributed by atoms with Crippen LogP contribution in [0.1, 0.15) is 34.5 Å².